The van der Waals surface area contributed by atoms with Crippen LogP contribution in [-0.4, -0.2) is 12.3 Å². The molecule has 0 aromatic heterocycles. The molecule has 3 heteroatoms. The molecule has 0 radical (unpaired) electrons. The molecule has 0 amide bonds. The fourth-order valence-electron chi connectivity index (χ4n) is 1.92. The summed E-state index contributed by atoms with van der Waals surface area (Å²) in [7, 11) is 0. The number of benzene rings is 1. The van der Waals surface area contributed by atoms with Gasteiger partial charge in [0.2, 0.25) is 0 Å². The summed E-state index contributed by atoms with van der Waals surface area (Å²) >= 11 is 1.93. The van der Waals surface area contributed by atoms with E-state index >= 15 is 0 Å². The van der Waals surface area contributed by atoms with E-state index in [1.54, 1.807) is 0 Å². The first-order chi connectivity index (χ1) is 7.81. The van der Waals surface area contributed by atoms with E-state index in [0.717, 1.165) is 18.7 Å². The van der Waals surface area contributed by atoms with Gasteiger partial charge in [-0.1, -0.05) is 18.2 Å². The minimum Gasteiger partial charge on any atom is -0.309 e. The Morgan fingerprint density at radius 2 is 2.38 bits per heavy atom. The summed E-state index contributed by atoms with van der Waals surface area (Å²) in [6.45, 7) is 2.73. The van der Waals surface area contributed by atoms with E-state index in [1.165, 1.54) is 10.5 Å². The van der Waals surface area contributed by atoms with Crippen molar-refractivity contribution < 1.29 is 0 Å². The molecule has 1 heterocycles. The van der Waals surface area contributed by atoms with Gasteiger partial charge in [-0.3, -0.25) is 0 Å². The molecule has 2 unspecified atom stereocenters. The number of nitrogens with zero attached hydrogens (tertiary/aromatic N) is 1. The highest BCUT2D eigenvalue weighted by atomic mass is 32.2. The third-order valence-corrected chi connectivity index (χ3v) is 3.97. The van der Waals surface area contributed by atoms with E-state index in [4.69, 9.17) is 5.26 Å². The fraction of sp³-hybridized carbons (Fsp3) is 0.462. The summed E-state index contributed by atoms with van der Waals surface area (Å²) in [6, 6.07) is 11.2. The molecule has 0 saturated carbocycles. The minimum absolute atomic E-state index is 0.0849. The van der Waals surface area contributed by atoms with Crippen LogP contribution in [0.25, 0.3) is 0 Å². The number of thioether (sulfide) groups is 1. The molecule has 0 bridgehead atoms. The molecule has 0 spiro atoms. The zero-order valence-electron chi connectivity index (χ0n) is 9.44. The summed E-state index contributed by atoms with van der Waals surface area (Å²) in [5.74, 6) is 1.25. The molecular formula is C13H16N2S. The Bertz CT molecular complexity index is 397. The Morgan fingerprint density at radius 1 is 1.56 bits per heavy atom. The van der Waals surface area contributed by atoms with Crippen LogP contribution in [0, 0.1) is 17.2 Å². The number of hydrogen-bond acceptors (Lipinski definition) is 3. The van der Waals surface area contributed by atoms with Gasteiger partial charge in [-0.05, 0) is 30.7 Å². The van der Waals surface area contributed by atoms with Crippen molar-refractivity contribution in [2.75, 3.05) is 12.3 Å². The lowest BCUT2D eigenvalue weighted by atomic mass is 10.0. The standard InChI is InChI=1S/C13H16N2S/c1-10(8-14)9-15-12-6-7-16-13-5-3-2-4-11(12)13/h2-5,10,12,15H,6-7,9H2,1H3. The van der Waals surface area contributed by atoms with Crippen LogP contribution in [-0.2, 0) is 0 Å². The van der Waals surface area contributed by atoms with Gasteiger partial charge in [-0.2, -0.15) is 5.26 Å². The van der Waals surface area contributed by atoms with Crippen molar-refractivity contribution in [3.8, 4) is 6.07 Å². The Labute approximate surface area is 101 Å². The van der Waals surface area contributed by atoms with Crippen molar-refractivity contribution in [1.29, 1.82) is 5.26 Å². The lowest BCUT2D eigenvalue weighted by molar-refractivity contribution is 0.481. The van der Waals surface area contributed by atoms with E-state index in [9.17, 15) is 0 Å². The number of nitrogens with one attached hydrogen (secondary N) is 1. The lowest BCUT2D eigenvalue weighted by Gasteiger charge is -2.26. The largest absolute Gasteiger partial charge is 0.309 e. The minimum atomic E-state index is 0.0849. The third-order valence-electron chi connectivity index (χ3n) is 2.85. The average Bonchev–Trinajstić information content (AvgIpc) is 2.35. The SMILES string of the molecule is CC(C#N)CNC1CCSc2ccccc21. The van der Waals surface area contributed by atoms with E-state index < -0.39 is 0 Å². The summed E-state index contributed by atoms with van der Waals surface area (Å²) in [6.07, 6.45) is 1.15. The number of hydrogen-bond donors (Lipinski definition) is 1. The van der Waals surface area contributed by atoms with Crippen molar-refractivity contribution >= 4 is 11.8 Å². The maximum absolute atomic E-state index is 8.77. The average molecular weight is 232 g/mol. The number of nitriles is 1. The van der Waals surface area contributed by atoms with Gasteiger partial charge in [-0.25, -0.2) is 0 Å². The molecule has 1 aromatic carbocycles. The molecule has 0 fully saturated rings. The zero-order valence-corrected chi connectivity index (χ0v) is 10.3. The molecule has 2 rings (SSSR count). The molecule has 1 N–H and O–H groups in total. The van der Waals surface area contributed by atoms with Crippen LogP contribution in [0.2, 0.25) is 0 Å². The second-order valence-electron chi connectivity index (χ2n) is 4.17. The highest BCUT2D eigenvalue weighted by Gasteiger charge is 2.19. The van der Waals surface area contributed by atoms with Crippen LogP contribution in [0.1, 0.15) is 24.9 Å². The van der Waals surface area contributed by atoms with Crippen LogP contribution in [0.15, 0.2) is 29.2 Å². The molecule has 2 nitrogen and oxygen atoms in total. The van der Waals surface area contributed by atoms with Gasteiger partial charge in [0.15, 0.2) is 0 Å². The first-order valence-electron chi connectivity index (χ1n) is 5.66. The Morgan fingerprint density at radius 3 is 3.19 bits per heavy atom. The summed E-state index contributed by atoms with van der Waals surface area (Å²) in [4.78, 5) is 1.39. The van der Waals surface area contributed by atoms with Crippen molar-refractivity contribution in [3.63, 3.8) is 0 Å². The van der Waals surface area contributed by atoms with Gasteiger partial charge in [0, 0.05) is 17.5 Å². The molecule has 0 aliphatic carbocycles. The molecule has 1 aliphatic heterocycles. The Hall–Kier alpha value is -0.980. The smallest absolute Gasteiger partial charge is 0.0666 e. The van der Waals surface area contributed by atoms with E-state index in [0.29, 0.717) is 6.04 Å². The highest BCUT2D eigenvalue weighted by molar-refractivity contribution is 7.99. The van der Waals surface area contributed by atoms with Gasteiger partial charge < -0.3 is 5.32 Å². The van der Waals surface area contributed by atoms with Gasteiger partial charge in [0.25, 0.3) is 0 Å². The predicted octanol–water partition coefficient (Wildman–Crippen LogP) is 2.97. The van der Waals surface area contributed by atoms with Crippen LogP contribution in [0.3, 0.4) is 0 Å². The third kappa shape index (κ3) is 2.58. The second kappa shape index (κ2) is 5.38. The lowest BCUT2D eigenvalue weighted by Crippen LogP contribution is -2.28. The summed E-state index contributed by atoms with van der Waals surface area (Å²) < 4.78 is 0. The van der Waals surface area contributed by atoms with Crippen LogP contribution in [0.4, 0.5) is 0 Å². The van der Waals surface area contributed by atoms with Crippen LogP contribution < -0.4 is 5.32 Å². The monoisotopic (exact) mass is 232 g/mol. The second-order valence-corrected chi connectivity index (χ2v) is 5.30. The van der Waals surface area contributed by atoms with Gasteiger partial charge in [-0.15, -0.1) is 11.8 Å². The first kappa shape index (κ1) is 11.5. The van der Waals surface area contributed by atoms with E-state index in [-0.39, 0.29) is 5.92 Å². The molecule has 0 saturated heterocycles. The van der Waals surface area contributed by atoms with Crippen LogP contribution in [0.5, 0.6) is 0 Å². The van der Waals surface area contributed by atoms with Crippen molar-refractivity contribution in [2.45, 2.75) is 24.3 Å². The quantitative estimate of drug-likeness (QED) is 0.870. The molecule has 1 aromatic rings. The number of rotatable bonds is 3. The van der Waals surface area contributed by atoms with E-state index in [2.05, 4.69) is 35.7 Å². The van der Waals surface area contributed by atoms with Crippen molar-refractivity contribution in [2.24, 2.45) is 5.92 Å². The predicted molar refractivity (Wildman–Crippen MR) is 67.3 cm³/mol. The Balaban J connectivity index is 2.05. The maximum atomic E-state index is 8.77. The van der Waals surface area contributed by atoms with Gasteiger partial charge in [0.05, 0.1) is 12.0 Å². The van der Waals surface area contributed by atoms with Crippen molar-refractivity contribution in [1.82, 2.24) is 5.32 Å². The first-order valence-corrected chi connectivity index (χ1v) is 6.64. The summed E-state index contributed by atoms with van der Waals surface area (Å²) in [5, 5.41) is 12.3. The van der Waals surface area contributed by atoms with E-state index in [1.807, 2.05) is 18.7 Å². The van der Waals surface area contributed by atoms with Gasteiger partial charge >= 0.3 is 0 Å². The maximum Gasteiger partial charge on any atom is 0.0666 e. The highest BCUT2D eigenvalue weighted by Crippen LogP contribution is 2.35. The topological polar surface area (TPSA) is 35.8 Å². The fourth-order valence-corrected chi connectivity index (χ4v) is 3.04. The normalized spacial score (nSPS) is 20.9. The number of fused-ring (bicyclic) bond motifs is 1. The molecule has 1 aliphatic rings. The Kier molecular flexibility index (Phi) is 3.87. The molecular weight excluding hydrogens is 216 g/mol. The van der Waals surface area contributed by atoms with Crippen LogP contribution >= 0.6 is 11.8 Å². The van der Waals surface area contributed by atoms with Crippen molar-refractivity contribution in [3.05, 3.63) is 29.8 Å². The summed E-state index contributed by atoms with van der Waals surface area (Å²) in [5.41, 5.74) is 1.39. The zero-order chi connectivity index (χ0) is 11.4. The molecule has 84 valence electrons. The molecule has 16 heavy (non-hydrogen) atoms. The molecule has 2 atom stereocenters. The van der Waals surface area contributed by atoms with Gasteiger partial charge in [0.1, 0.15) is 0 Å².